The van der Waals surface area contributed by atoms with Crippen LogP contribution in [-0.4, -0.2) is 19.7 Å². The van der Waals surface area contributed by atoms with E-state index in [0.29, 0.717) is 6.04 Å². The molecule has 2 atom stereocenters. The molecule has 0 spiro atoms. The van der Waals surface area contributed by atoms with Crippen LogP contribution in [0.4, 0.5) is 0 Å². The van der Waals surface area contributed by atoms with Crippen molar-refractivity contribution in [2.45, 2.75) is 25.8 Å². The van der Waals surface area contributed by atoms with Crippen molar-refractivity contribution in [3.05, 3.63) is 29.8 Å². The lowest BCUT2D eigenvalue weighted by atomic mass is 9.96. The molecule has 1 aromatic carbocycles. The Morgan fingerprint density at radius 3 is 2.87 bits per heavy atom. The van der Waals surface area contributed by atoms with Crippen LogP contribution in [0.3, 0.4) is 0 Å². The lowest BCUT2D eigenvalue weighted by Gasteiger charge is -2.17. The second-order valence-corrected chi connectivity index (χ2v) is 4.34. The van der Waals surface area contributed by atoms with Crippen molar-refractivity contribution in [3.8, 4) is 5.75 Å². The van der Waals surface area contributed by atoms with Gasteiger partial charge in [-0.1, -0.05) is 25.1 Å². The highest BCUT2D eigenvalue weighted by Gasteiger charge is 2.23. The third-order valence-corrected chi connectivity index (χ3v) is 3.33. The molecule has 15 heavy (non-hydrogen) atoms. The van der Waals surface area contributed by atoms with Crippen molar-refractivity contribution >= 4 is 0 Å². The highest BCUT2D eigenvalue weighted by Crippen LogP contribution is 2.24. The molecule has 1 N–H and O–H groups in total. The summed E-state index contributed by atoms with van der Waals surface area (Å²) >= 11 is 0. The fourth-order valence-electron chi connectivity index (χ4n) is 2.28. The van der Waals surface area contributed by atoms with E-state index in [2.05, 4.69) is 24.4 Å². The average Bonchev–Trinajstić information content (AvgIpc) is 2.65. The van der Waals surface area contributed by atoms with E-state index >= 15 is 0 Å². The third-order valence-electron chi connectivity index (χ3n) is 3.33. The summed E-state index contributed by atoms with van der Waals surface area (Å²) in [5.41, 5.74) is 1.31. The molecule has 0 unspecified atom stereocenters. The predicted octanol–water partition coefficient (Wildman–Crippen LogP) is 2.24. The molecule has 1 fully saturated rings. The number of hydrogen-bond donors (Lipinski definition) is 1. The number of ether oxygens (including phenoxy) is 1. The van der Waals surface area contributed by atoms with Crippen LogP contribution in [0, 0.1) is 5.92 Å². The molecule has 0 aliphatic carbocycles. The fourth-order valence-corrected chi connectivity index (χ4v) is 2.28. The van der Waals surface area contributed by atoms with Gasteiger partial charge in [-0.05, 0) is 36.9 Å². The lowest BCUT2D eigenvalue weighted by Crippen LogP contribution is -2.28. The van der Waals surface area contributed by atoms with E-state index < -0.39 is 0 Å². The van der Waals surface area contributed by atoms with Gasteiger partial charge in [-0.25, -0.2) is 0 Å². The second kappa shape index (κ2) is 4.67. The summed E-state index contributed by atoms with van der Waals surface area (Å²) < 4.78 is 5.36. The van der Waals surface area contributed by atoms with E-state index in [1.807, 2.05) is 12.1 Å². The molecule has 1 aliphatic heterocycles. The molecule has 1 aromatic rings. The Morgan fingerprint density at radius 1 is 1.40 bits per heavy atom. The quantitative estimate of drug-likeness (QED) is 0.817. The van der Waals surface area contributed by atoms with Crippen LogP contribution < -0.4 is 10.1 Å². The van der Waals surface area contributed by atoms with Crippen molar-refractivity contribution in [1.82, 2.24) is 5.32 Å². The van der Waals surface area contributed by atoms with E-state index in [9.17, 15) is 0 Å². The Balaban J connectivity index is 2.09. The number of rotatable bonds is 3. The second-order valence-electron chi connectivity index (χ2n) is 4.34. The van der Waals surface area contributed by atoms with Gasteiger partial charge in [0.15, 0.2) is 0 Å². The van der Waals surface area contributed by atoms with Gasteiger partial charge < -0.3 is 10.1 Å². The van der Waals surface area contributed by atoms with Gasteiger partial charge in [0.1, 0.15) is 5.75 Å². The standard InChI is InChI=1S/C13H19NO/c1-10-7-8-14-12(10)9-11-5-3-4-6-13(11)15-2/h3-6,10,12,14H,7-9H2,1-2H3/t10-,12+/m1/s1. The Kier molecular flexibility index (Phi) is 3.27. The zero-order valence-corrected chi connectivity index (χ0v) is 9.49. The maximum absolute atomic E-state index is 5.36. The molecule has 0 amide bonds. The van der Waals surface area contributed by atoms with Crippen LogP contribution in [0.5, 0.6) is 5.75 Å². The first-order chi connectivity index (χ1) is 7.31. The summed E-state index contributed by atoms with van der Waals surface area (Å²) in [6, 6.07) is 8.91. The molecule has 0 aromatic heterocycles. The Hall–Kier alpha value is -1.02. The minimum atomic E-state index is 0.612. The van der Waals surface area contributed by atoms with Crippen molar-refractivity contribution < 1.29 is 4.74 Å². The van der Waals surface area contributed by atoms with Crippen LogP contribution in [0.25, 0.3) is 0 Å². The monoisotopic (exact) mass is 205 g/mol. The van der Waals surface area contributed by atoms with Gasteiger partial charge in [0, 0.05) is 6.04 Å². The van der Waals surface area contributed by atoms with E-state index in [4.69, 9.17) is 4.74 Å². The Labute approximate surface area is 91.6 Å². The molecular weight excluding hydrogens is 186 g/mol. The normalized spacial score (nSPS) is 25.5. The summed E-state index contributed by atoms with van der Waals surface area (Å²) in [7, 11) is 1.74. The smallest absolute Gasteiger partial charge is 0.122 e. The molecule has 0 bridgehead atoms. The molecule has 1 saturated heterocycles. The van der Waals surface area contributed by atoms with E-state index in [0.717, 1.165) is 24.6 Å². The molecule has 0 radical (unpaired) electrons. The number of methoxy groups -OCH3 is 1. The van der Waals surface area contributed by atoms with Crippen molar-refractivity contribution in [3.63, 3.8) is 0 Å². The summed E-state index contributed by atoms with van der Waals surface area (Å²) in [4.78, 5) is 0. The van der Waals surface area contributed by atoms with Crippen LogP contribution in [0.1, 0.15) is 18.9 Å². The van der Waals surface area contributed by atoms with Crippen LogP contribution in [0.15, 0.2) is 24.3 Å². The largest absolute Gasteiger partial charge is 0.496 e. The summed E-state index contributed by atoms with van der Waals surface area (Å²) in [6.07, 6.45) is 2.37. The maximum Gasteiger partial charge on any atom is 0.122 e. The number of benzene rings is 1. The van der Waals surface area contributed by atoms with Gasteiger partial charge in [-0.3, -0.25) is 0 Å². The van der Waals surface area contributed by atoms with E-state index in [1.165, 1.54) is 12.0 Å². The molecular formula is C13H19NO. The highest BCUT2D eigenvalue weighted by molar-refractivity contribution is 5.34. The first-order valence-corrected chi connectivity index (χ1v) is 5.66. The van der Waals surface area contributed by atoms with Gasteiger partial charge in [0.2, 0.25) is 0 Å². The van der Waals surface area contributed by atoms with Crippen LogP contribution in [-0.2, 0) is 6.42 Å². The molecule has 2 nitrogen and oxygen atoms in total. The van der Waals surface area contributed by atoms with Crippen molar-refractivity contribution in [2.24, 2.45) is 5.92 Å². The number of nitrogens with one attached hydrogen (secondary N) is 1. The van der Waals surface area contributed by atoms with Crippen molar-refractivity contribution in [2.75, 3.05) is 13.7 Å². The van der Waals surface area contributed by atoms with Crippen LogP contribution >= 0.6 is 0 Å². The summed E-state index contributed by atoms with van der Waals surface area (Å²) in [5.74, 6) is 1.79. The lowest BCUT2D eigenvalue weighted by molar-refractivity contribution is 0.402. The summed E-state index contributed by atoms with van der Waals surface area (Å²) in [6.45, 7) is 3.47. The fraction of sp³-hybridized carbons (Fsp3) is 0.538. The molecule has 2 heteroatoms. The molecule has 1 aliphatic rings. The first kappa shape index (κ1) is 10.5. The van der Waals surface area contributed by atoms with Gasteiger partial charge in [-0.15, -0.1) is 0 Å². The van der Waals surface area contributed by atoms with Crippen LogP contribution in [0.2, 0.25) is 0 Å². The Morgan fingerprint density at radius 2 is 2.20 bits per heavy atom. The summed E-state index contributed by atoms with van der Waals surface area (Å²) in [5, 5.41) is 3.55. The number of para-hydroxylation sites is 1. The zero-order valence-electron chi connectivity index (χ0n) is 9.49. The molecule has 1 heterocycles. The van der Waals surface area contributed by atoms with E-state index in [-0.39, 0.29) is 0 Å². The molecule has 2 rings (SSSR count). The minimum absolute atomic E-state index is 0.612. The first-order valence-electron chi connectivity index (χ1n) is 5.66. The Bertz CT molecular complexity index is 324. The molecule has 0 saturated carbocycles. The third kappa shape index (κ3) is 2.32. The van der Waals surface area contributed by atoms with Gasteiger partial charge in [0.05, 0.1) is 7.11 Å². The number of hydrogen-bond acceptors (Lipinski definition) is 2. The minimum Gasteiger partial charge on any atom is -0.496 e. The van der Waals surface area contributed by atoms with Crippen molar-refractivity contribution in [1.29, 1.82) is 0 Å². The molecule has 82 valence electrons. The van der Waals surface area contributed by atoms with Gasteiger partial charge >= 0.3 is 0 Å². The average molecular weight is 205 g/mol. The van der Waals surface area contributed by atoms with Gasteiger partial charge in [-0.2, -0.15) is 0 Å². The SMILES string of the molecule is COc1ccccc1C[C@@H]1NCC[C@H]1C. The highest BCUT2D eigenvalue weighted by atomic mass is 16.5. The zero-order chi connectivity index (χ0) is 10.7. The van der Waals surface area contributed by atoms with E-state index in [1.54, 1.807) is 7.11 Å². The maximum atomic E-state index is 5.36. The van der Waals surface area contributed by atoms with Gasteiger partial charge in [0.25, 0.3) is 0 Å². The predicted molar refractivity (Wildman–Crippen MR) is 62.3 cm³/mol. The topological polar surface area (TPSA) is 21.3 Å².